The van der Waals surface area contributed by atoms with Crippen molar-refractivity contribution in [3.63, 3.8) is 0 Å². The zero-order valence-electron chi connectivity index (χ0n) is 10.9. The summed E-state index contributed by atoms with van der Waals surface area (Å²) in [5.74, 6) is -0.0938. The predicted octanol–water partition coefficient (Wildman–Crippen LogP) is 4.29. The van der Waals surface area contributed by atoms with Gasteiger partial charge in [-0.2, -0.15) is 0 Å². The molecule has 0 saturated carbocycles. The smallest absolute Gasteiger partial charge is 0.221 e. The number of rotatable bonds is 2. The molecule has 0 atom stereocenters. The van der Waals surface area contributed by atoms with E-state index in [-0.39, 0.29) is 11.8 Å². The van der Waals surface area contributed by atoms with E-state index < -0.39 is 0 Å². The first-order valence-electron chi connectivity index (χ1n) is 6.28. The van der Waals surface area contributed by atoms with Crippen molar-refractivity contribution in [1.29, 1.82) is 0 Å². The first-order valence-corrected chi connectivity index (χ1v) is 7.07. The molecule has 1 aromatic heterocycles. The molecule has 0 amide bonds. The highest BCUT2D eigenvalue weighted by atomic mass is 79.9. The number of benzene rings is 2. The number of anilines is 1. The molecule has 0 aliphatic heterocycles. The lowest BCUT2D eigenvalue weighted by Gasteiger charge is -2.06. The molecule has 1 heterocycles. The van der Waals surface area contributed by atoms with E-state index in [1.165, 1.54) is 12.1 Å². The molecule has 0 unspecified atom stereocenters. The highest BCUT2D eigenvalue weighted by Crippen LogP contribution is 2.25. The molecule has 2 N–H and O–H groups in total. The summed E-state index contributed by atoms with van der Waals surface area (Å²) in [5.41, 5.74) is 8.92. The van der Waals surface area contributed by atoms with Crippen LogP contribution in [0.4, 0.5) is 10.3 Å². The van der Waals surface area contributed by atoms with Crippen LogP contribution < -0.4 is 5.73 Å². The van der Waals surface area contributed by atoms with Gasteiger partial charge in [0.25, 0.3) is 0 Å². The molecule has 0 aliphatic rings. The molecule has 0 bridgehead atoms. The van der Waals surface area contributed by atoms with Crippen LogP contribution in [0.5, 0.6) is 0 Å². The van der Waals surface area contributed by atoms with Gasteiger partial charge in [-0.1, -0.05) is 28.1 Å². The first kappa shape index (κ1) is 13.7. The third-order valence-corrected chi connectivity index (χ3v) is 3.55. The van der Waals surface area contributed by atoms with E-state index in [4.69, 9.17) is 5.73 Å². The second-order valence-corrected chi connectivity index (χ2v) is 5.43. The summed E-state index contributed by atoms with van der Waals surface area (Å²) in [6, 6.07) is 15.7. The van der Waals surface area contributed by atoms with Crippen LogP contribution in [0.3, 0.4) is 0 Å². The molecule has 0 saturated heterocycles. The van der Waals surface area contributed by atoms with Crippen molar-refractivity contribution in [2.45, 2.75) is 0 Å². The number of hydrogen-bond acceptors (Lipinski definition) is 3. The van der Waals surface area contributed by atoms with Gasteiger partial charge in [-0.15, -0.1) is 0 Å². The molecular weight excluding hydrogens is 333 g/mol. The van der Waals surface area contributed by atoms with E-state index in [9.17, 15) is 4.39 Å². The second kappa shape index (κ2) is 5.61. The van der Waals surface area contributed by atoms with Crippen LogP contribution in [0.1, 0.15) is 0 Å². The number of nitrogen functional groups attached to an aromatic ring is 1. The maximum Gasteiger partial charge on any atom is 0.221 e. The number of nitrogens with zero attached hydrogens (tertiary/aromatic N) is 2. The Morgan fingerprint density at radius 2 is 1.29 bits per heavy atom. The summed E-state index contributed by atoms with van der Waals surface area (Å²) in [7, 11) is 0. The topological polar surface area (TPSA) is 51.8 Å². The Kier molecular flexibility index (Phi) is 3.66. The number of halogens is 2. The Morgan fingerprint density at radius 1 is 0.810 bits per heavy atom. The van der Waals surface area contributed by atoms with Crippen LogP contribution >= 0.6 is 15.9 Å². The lowest BCUT2D eigenvalue weighted by atomic mass is 10.1. The number of nitrogens with two attached hydrogens (primary N) is 1. The van der Waals surface area contributed by atoms with Crippen molar-refractivity contribution < 1.29 is 4.39 Å². The van der Waals surface area contributed by atoms with Gasteiger partial charge in [-0.25, -0.2) is 14.4 Å². The van der Waals surface area contributed by atoms with E-state index in [1.54, 1.807) is 12.1 Å². The fourth-order valence-electron chi connectivity index (χ4n) is 2.00. The van der Waals surface area contributed by atoms with E-state index in [1.807, 2.05) is 30.3 Å². The third-order valence-electron chi connectivity index (χ3n) is 3.02. The zero-order chi connectivity index (χ0) is 14.8. The largest absolute Gasteiger partial charge is 0.368 e. The first-order chi connectivity index (χ1) is 10.1. The lowest BCUT2D eigenvalue weighted by Crippen LogP contribution is -1.98. The quantitative estimate of drug-likeness (QED) is 0.754. The van der Waals surface area contributed by atoms with Crippen molar-refractivity contribution in [1.82, 2.24) is 9.97 Å². The summed E-state index contributed by atoms with van der Waals surface area (Å²) in [6.45, 7) is 0. The fraction of sp³-hybridized carbons (Fsp3) is 0. The minimum Gasteiger partial charge on any atom is -0.368 e. The van der Waals surface area contributed by atoms with Gasteiger partial charge in [0.15, 0.2) is 0 Å². The Bertz CT molecular complexity index is 707. The Morgan fingerprint density at radius 3 is 1.81 bits per heavy atom. The van der Waals surface area contributed by atoms with Crippen molar-refractivity contribution in [3.05, 3.63) is 64.9 Å². The number of hydrogen-bond donors (Lipinski definition) is 1. The maximum absolute atomic E-state index is 13.0. The zero-order valence-corrected chi connectivity index (χ0v) is 12.5. The van der Waals surface area contributed by atoms with Crippen molar-refractivity contribution >= 4 is 21.9 Å². The maximum atomic E-state index is 13.0. The standard InChI is InChI=1S/C16H11BrFN3/c17-12-5-1-10(2-6-12)14-9-15(21-16(19)20-14)11-3-7-13(18)8-4-11/h1-9H,(H2,19,20,21). The van der Waals surface area contributed by atoms with Crippen LogP contribution in [0.15, 0.2) is 59.1 Å². The molecule has 2 aromatic carbocycles. The SMILES string of the molecule is Nc1nc(-c2ccc(F)cc2)cc(-c2ccc(Br)cc2)n1. The summed E-state index contributed by atoms with van der Waals surface area (Å²) < 4.78 is 14.0. The van der Waals surface area contributed by atoms with Gasteiger partial charge in [0.05, 0.1) is 11.4 Å². The lowest BCUT2D eigenvalue weighted by molar-refractivity contribution is 0.628. The average Bonchev–Trinajstić information content (AvgIpc) is 2.48. The van der Waals surface area contributed by atoms with E-state index >= 15 is 0 Å². The molecule has 3 aromatic rings. The van der Waals surface area contributed by atoms with Crippen LogP contribution in [0, 0.1) is 5.82 Å². The van der Waals surface area contributed by atoms with Gasteiger partial charge in [0.2, 0.25) is 5.95 Å². The molecule has 5 heteroatoms. The molecule has 3 rings (SSSR count). The van der Waals surface area contributed by atoms with E-state index in [0.717, 1.165) is 21.3 Å². The average molecular weight is 344 g/mol. The third kappa shape index (κ3) is 3.08. The van der Waals surface area contributed by atoms with Crippen molar-refractivity contribution in [2.75, 3.05) is 5.73 Å². The monoisotopic (exact) mass is 343 g/mol. The summed E-state index contributed by atoms with van der Waals surface area (Å²) in [4.78, 5) is 8.47. The van der Waals surface area contributed by atoms with Crippen LogP contribution in [0.25, 0.3) is 22.5 Å². The van der Waals surface area contributed by atoms with Gasteiger partial charge in [0.1, 0.15) is 5.82 Å². The van der Waals surface area contributed by atoms with Crippen LogP contribution in [-0.2, 0) is 0 Å². The van der Waals surface area contributed by atoms with Gasteiger partial charge >= 0.3 is 0 Å². The molecule has 21 heavy (non-hydrogen) atoms. The van der Waals surface area contributed by atoms with Gasteiger partial charge in [-0.05, 0) is 42.5 Å². The van der Waals surface area contributed by atoms with Crippen LogP contribution in [0.2, 0.25) is 0 Å². The molecular formula is C16H11BrFN3. The second-order valence-electron chi connectivity index (χ2n) is 4.51. The number of aromatic nitrogens is 2. The Labute approximate surface area is 129 Å². The Balaban J connectivity index is 2.07. The fourth-order valence-corrected chi connectivity index (χ4v) is 2.27. The normalized spacial score (nSPS) is 10.6. The predicted molar refractivity (Wildman–Crippen MR) is 85.0 cm³/mol. The van der Waals surface area contributed by atoms with Gasteiger partial charge in [-0.3, -0.25) is 0 Å². The highest BCUT2D eigenvalue weighted by Gasteiger charge is 2.07. The van der Waals surface area contributed by atoms with Gasteiger partial charge in [0, 0.05) is 15.6 Å². The Hall–Kier alpha value is -2.27. The molecule has 0 aliphatic carbocycles. The van der Waals surface area contributed by atoms with Crippen molar-refractivity contribution in [2.24, 2.45) is 0 Å². The minimum atomic E-state index is -0.283. The highest BCUT2D eigenvalue weighted by molar-refractivity contribution is 9.10. The molecule has 0 fully saturated rings. The summed E-state index contributed by atoms with van der Waals surface area (Å²) in [5, 5.41) is 0. The molecule has 0 radical (unpaired) electrons. The summed E-state index contributed by atoms with van der Waals surface area (Å²) >= 11 is 3.40. The minimum absolute atomic E-state index is 0.190. The van der Waals surface area contributed by atoms with E-state index in [2.05, 4.69) is 25.9 Å². The van der Waals surface area contributed by atoms with Crippen LogP contribution in [-0.4, -0.2) is 9.97 Å². The molecule has 3 nitrogen and oxygen atoms in total. The van der Waals surface area contributed by atoms with Gasteiger partial charge < -0.3 is 5.73 Å². The molecule has 0 spiro atoms. The summed E-state index contributed by atoms with van der Waals surface area (Å²) in [6.07, 6.45) is 0. The molecule has 104 valence electrons. The van der Waals surface area contributed by atoms with Crippen molar-refractivity contribution in [3.8, 4) is 22.5 Å². The van der Waals surface area contributed by atoms with E-state index in [0.29, 0.717) is 5.69 Å².